The lowest BCUT2D eigenvalue weighted by Gasteiger charge is -2.39. The van der Waals surface area contributed by atoms with Gasteiger partial charge in [0.1, 0.15) is 0 Å². The molecule has 0 atom stereocenters. The Labute approximate surface area is 113 Å². The lowest BCUT2D eigenvalue weighted by molar-refractivity contribution is -0.384. The molecule has 0 saturated carbocycles. The highest BCUT2D eigenvalue weighted by Gasteiger charge is 2.28. The number of piperidine rings is 1. The fraction of sp³-hybridized carbons (Fsp3) is 0.571. The molecule has 0 aliphatic carbocycles. The molecule has 5 heteroatoms. The van der Waals surface area contributed by atoms with E-state index >= 15 is 0 Å². The predicted molar refractivity (Wildman–Crippen MR) is 75.1 cm³/mol. The Balaban J connectivity index is 1.96. The molecule has 1 fully saturated rings. The van der Waals surface area contributed by atoms with Crippen molar-refractivity contribution < 1.29 is 4.92 Å². The van der Waals surface area contributed by atoms with Gasteiger partial charge >= 0.3 is 0 Å². The first-order chi connectivity index (χ1) is 9.02. The van der Waals surface area contributed by atoms with E-state index in [1.165, 1.54) is 6.07 Å². The van der Waals surface area contributed by atoms with E-state index in [0.717, 1.165) is 38.0 Å². The van der Waals surface area contributed by atoms with Gasteiger partial charge in [-0.2, -0.15) is 0 Å². The van der Waals surface area contributed by atoms with E-state index < -0.39 is 0 Å². The molecular formula is C14H21N3O2. The maximum absolute atomic E-state index is 10.8. The highest BCUT2D eigenvalue weighted by molar-refractivity contribution is 5.34. The van der Waals surface area contributed by atoms with Gasteiger partial charge in [-0.25, -0.2) is 0 Å². The van der Waals surface area contributed by atoms with Gasteiger partial charge in [-0.05, 0) is 32.4 Å². The van der Waals surface area contributed by atoms with E-state index in [9.17, 15) is 10.1 Å². The van der Waals surface area contributed by atoms with Crippen LogP contribution in [0.5, 0.6) is 0 Å². The van der Waals surface area contributed by atoms with Gasteiger partial charge in [-0.3, -0.25) is 15.0 Å². The van der Waals surface area contributed by atoms with Crippen molar-refractivity contribution in [3.8, 4) is 0 Å². The summed E-state index contributed by atoms with van der Waals surface area (Å²) in [5.74, 6) is 0. The highest BCUT2D eigenvalue weighted by atomic mass is 16.6. The molecular weight excluding hydrogens is 242 g/mol. The lowest BCUT2D eigenvalue weighted by Crippen LogP contribution is -2.49. The average Bonchev–Trinajstić information content (AvgIpc) is 2.42. The Bertz CT molecular complexity index is 454. The van der Waals surface area contributed by atoms with Gasteiger partial charge in [0.05, 0.1) is 4.92 Å². The summed E-state index contributed by atoms with van der Waals surface area (Å²) in [5, 5.41) is 14.1. The van der Waals surface area contributed by atoms with Crippen molar-refractivity contribution in [3.05, 3.63) is 39.9 Å². The van der Waals surface area contributed by atoms with Crippen LogP contribution in [0.15, 0.2) is 24.3 Å². The smallest absolute Gasteiger partial charge is 0.269 e. The van der Waals surface area contributed by atoms with Crippen LogP contribution >= 0.6 is 0 Å². The van der Waals surface area contributed by atoms with E-state index in [1.54, 1.807) is 12.1 Å². The van der Waals surface area contributed by atoms with Gasteiger partial charge in [0, 0.05) is 37.3 Å². The van der Waals surface area contributed by atoms with E-state index in [4.69, 9.17) is 0 Å². The number of nitro groups is 1. The van der Waals surface area contributed by atoms with Crippen LogP contribution < -0.4 is 5.32 Å². The third-order valence-corrected chi connectivity index (χ3v) is 4.09. The summed E-state index contributed by atoms with van der Waals surface area (Å²) < 4.78 is 0. The molecule has 0 spiro atoms. The number of nitrogens with one attached hydrogen (secondary N) is 1. The highest BCUT2D eigenvalue weighted by Crippen LogP contribution is 2.23. The van der Waals surface area contributed by atoms with Crippen molar-refractivity contribution in [2.75, 3.05) is 20.1 Å². The van der Waals surface area contributed by atoms with Crippen molar-refractivity contribution in [2.24, 2.45) is 0 Å². The minimum Gasteiger partial charge on any atom is -0.314 e. The zero-order valence-electron chi connectivity index (χ0n) is 11.6. The summed E-state index contributed by atoms with van der Waals surface area (Å²) in [7, 11) is 2.01. The molecule has 1 aliphatic heterocycles. The van der Waals surface area contributed by atoms with Gasteiger partial charge in [0.25, 0.3) is 5.69 Å². The second-order valence-corrected chi connectivity index (χ2v) is 5.51. The minimum atomic E-state index is -0.336. The molecule has 1 saturated heterocycles. The van der Waals surface area contributed by atoms with Gasteiger partial charge < -0.3 is 5.32 Å². The van der Waals surface area contributed by atoms with Crippen molar-refractivity contribution >= 4 is 5.69 Å². The molecule has 0 amide bonds. The van der Waals surface area contributed by atoms with Crippen molar-refractivity contribution in [1.82, 2.24) is 10.2 Å². The summed E-state index contributed by atoms with van der Waals surface area (Å²) >= 11 is 0. The fourth-order valence-corrected chi connectivity index (χ4v) is 2.48. The molecule has 2 rings (SSSR count). The van der Waals surface area contributed by atoms with Crippen LogP contribution in [0.25, 0.3) is 0 Å². The molecule has 1 heterocycles. The standard InChI is InChI=1S/C14H21N3O2/c1-14(15-2)6-8-16(9-7-14)11-12-4-3-5-13(10-12)17(18)19/h3-5,10,15H,6-9,11H2,1-2H3. The normalized spacial score (nSPS) is 19.3. The van der Waals surface area contributed by atoms with Crippen molar-refractivity contribution in [3.63, 3.8) is 0 Å². The van der Waals surface area contributed by atoms with Crippen LogP contribution in [0.1, 0.15) is 25.3 Å². The van der Waals surface area contributed by atoms with Crippen LogP contribution in [-0.2, 0) is 6.54 Å². The van der Waals surface area contributed by atoms with Crippen LogP contribution in [0, 0.1) is 10.1 Å². The Morgan fingerprint density at radius 2 is 2.11 bits per heavy atom. The second kappa shape index (κ2) is 5.67. The fourth-order valence-electron chi connectivity index (χ4n) is 2.48. The van der Waals surface area contributed by atoms with Crippen LogP contribution in [0.3, 0.4) is 0 Å². The molecule has 1 aliphatic rings. The SMILES string of the molecule is CNC1(C)CCN(Cc2cccc([N+](=O)[O-])c2)CC1. The molecule has 104 valence electrons. The van der Waals surface area contributed by atoms with Crippen LogP contribution in [0.2, 0.25) is 0 Å². The first-order valence-corrected chi connectivity index (χ1v) is 6.67. The van der Waals surface area contributed by atoms with Gasteiger partial charge in [-0.15, -0.1) is 0 Å². The maximum atomic E-state index is 10.8. The number of likely N-dealkylation sites (tertiary alicyclic amines) is 1. The van der Waals surface area contributed by atoms with E-state index in [-0.39, 0.29) is 16.1 Å². The largest absolute Gasteiger partial charge is 0.314 e. The topological polar surface area (TPSA) is 58.4 Å². The number of benzene rings is 1. The Morgan fingerprint density at radius 1 is 1.42 bits per heavy atom. The Kier molecular flexibility index (Phi) is 4.17. The molecule has 5 nitrogen and oxygen atoms in total. The van der Waals surface area contributed by atoms with Crippen molar-refractivity contribution in [1.29, 1.82) is 0 Å². The molecule has 0 radical (unpaired) electrons. The molecule has 1 aromatic rings. The molecule has 0 unspecified atom stereocenters. The third kappa shape index (κ3) is 3.52. The first-order valence-electron chi connectivity index (χ1n) is 6.67. The zero-order valence-corrected chi connectivity index (χ0v) is 11.6. The van der Waals surface area contributed by atoms with E-state index in [2.05, 4.69) is 17.1 Å². The molecule has 1 aromatic carbocycles. The second-order valence-electron chi connectivity index (χ2n) is 5.51. The Morgan fingerprint density at radius 3 is 2.68 bits per heavy atom. The summed E-state index contributed by atoms with van der Waals surface area (Å²) in [4.78, 5) is 12.8. The average molecular weight is 263 g/mol. The molecule has 0 bridgehead atoms. The first kappa shape index (κ1) is 14.0. The molecule has 1 N–H and O–H groups in total. The van der Waals surface area contributed by atoms with Crippen LogP contribution in [-0.4, -0.2) is 35.5 Å². The Hall–Kier alpha value is -1.46. The number of hydrogen-bond acceptors (Lipinski definition) is 4. The summed E-state index contributed by atoms with van der Waals surface area (Å²) in [6, 6.07) is 6.93. The monoisotopic (exact) mass is 263 g/mol. The van der Waals surface area contributed by atoms with E-state index in [1.807, 2.05) is 13.1 Å². The summed E-state index contributed by atoms with van der Waals surface area (Å²) in [5.41, 5.74) is 1.43. The van der Waals surface area contributed by atoms with Gasteiger partial charge in [0.15, 0.2) is 0 Å². The van der Waals surface area contributed by atoms with Gasteiger partial charge in [0.2, 0.25) is 0 Å². The zero-order chi connectivity index (χ0) is 13.9. The lowest BCUT2D eigenvalue weighted by atomic mass is 9.90. The summed E-state index contributed by atoms with van der Waals surface area (Å²) in [6.07, 6.45) is 2.22. The number of nitrogens with zero attached hydrogens (tertiary/aromatic N) is 2. The van der Waals surface area contributed by atoms with E-state index in [0.29, 0.717) is 0 Å². The molecule has 19 heavy (non-hydrogen) atoms. The molecule has 0 aromatic heterocycles. The minimum absolute atomic E-state index is 0.176. The quantitative estimate of drug-likeness (QED) is 0.668. The number of nitro benzene ring substituents is 1. The number of rotatable bonds is 4. The van der Waals surface area contributed by atoms with Crippen LogP contribution in [0.4, 0.5) is 5.69 Å². The number of non-ortho nitro benzene ring substituents is 1. The predicted octanol–water partition coefficient (Wildman–Crippen LogP) is 2.17. The number of hydrogen-bond donors (Lipinski definition) is 1. The summed E-state index contributed by atoms with van der Waals surface area (Å²) in [6.45, 7) is 5.10. The third-order valence-electron chi connectivity index (χ3n) is 4.09. The van der Waals surface area contributed by atoms with Crippen molar-refractivity contribution in [2.45, 2.75) is 31.8 Å². The maximum Gasteiger partial charge on any atom is 0.269 e. The van der Waals surface area contributed by atoms with Gasteiger partial charge in [-0.1, -0.05) is 12.1 Å².